The van der Waals surface area contributed by atoms with Gasteiger partial charge in [0.15, 0.2) is 6.10 Å². The lowest BCUT2D eigenvalue weighted by Gasteiger charge is -2.34. The number of hydrogen-bond donors (Lipinski definition) is 1. The van der Waals surface area contributed by atoms with Crippen LogP contribution in [0, 0.1) is 5.92 Å². The van der Waals surface area contributed by atoms with E-state index < -0.39 is 22.0 Å². The quantitative estimate of drug-likeness (QED) is 0.824. The minimum atomic E-state index is -3.84. The van der Waals surface area contributed by atoms with Gasteiger partial charge in [-0.15, -0.1) is 0 Å². The van der Waals surface area contributed by atoms with Crippen LogP contribution in [0.4, 0.5) is 5.69 Å². The third kappa shape index (κ3) is 4.08. The summed E-state index contributed by atoms with van der Waals surface area (Å²) in [6.07, 6.45) is 0.922. The molecule has 2 aromatic carbocycles. The van der Waals surface area contributed by atoms with Crippen molar-refractivity contribution in [3.63, 3.8) is 0 Å². The van der Waals surface area contributed by atoms with Crippen molar-refractivity contribution < 1.29 is 17.9 Å². The Morgan fingerprint density at radius 1 is 1.19 bits per heavy atom. The number of sulfonamides is 1. The van der Waals surface area contributed by atoms with Crippen LogP contribution in [0.1, 0.15) is 25.8 Å². The Labute approximate surface area is 160 Å². The molecular formula is C20H24N2O4S. The number of anilines is 1. The smallest absolute Gasteiger partial charge is 0.264 e. The number of para-hydroxylation sites is 2. The highest BCUT2D eigenvalue weighted by atomic mass is 32.2. The molecule has 27 heavy (non-hydrogen) atoms. The number of aryl methyl sites for hydroxylation is 1. The normalized spacial score (nSPS) is 16.7. The Morgan fingerprint density at radius 3 is 2.48 bits per heavy atom. The molecule has 1 atom stereocenters. The molecule has 0 aromatic heterocycles. The van der Waals surface area contributed by atoms with Crippen molar-refractivity contribution in [2.24, 2.45) is 11.7 Å². The molecule has 144 valence electrons. The first kappa shape index (κ1) is 19.2. The van der Waals surface area contributed by atoms with Crippen LogP contribution in [-0.2, 0) is 21.2 Å². The van der Waals surface area contributed by atoms with Crippen LogP contribution in [0.5, 0.6) is 5.75 Å². The minimum absolute atomic E-state index is 0.149. The van der Waals surface area contributed by atoms with E-state index in [0.717, 1.165) is 18.4 Å². The Kier molecular flexibility index (Phi) is 5.41. The maximum absolute atomic E-state index is 13.2. The van der Waals surface area contributed by atoms with Gasteiger partial charge in [-0.1, -0.05) is 38.1 Å². The first-order chi connectivity index (χ1) is 12.8. The predicted octanol–water partition coefficient (Wildman–Crippen LogP) is 2.72. The van der Waals surface area contributed by atoms with Crippen molar-refractivity contribution >= 4 is 21.6 Å². The van der Waals surface area contributed by atoms with E-state index in [1.165, 1.54) is 4.31 Å². The number of ether oxygens (including phenoxy) is 1. The number of benzene rings is 2. The van der Waals surface area contributed by atoms with Crippen molar-refractivity contribution in [1.29, 1.82) is 0 Å². The standard InChI is InChI=1S/C20H24N2O4S/c1-14(2)7-8-15-9-11-16(12-10-15)27(24,25)22-13-19(20(21)23)26-18-6-4-3-5-17(18)22/h3-6,9-12,14,19H,7-8,13H2,1-2H3,(H2,21,23). The average Bonchev–Trinajstić information content (AvgIpc) is 2.65. The highest BCUT2D eigenvalue weighted by Gasteiger charge is 2.36. The van der Waals surface area contributed by atoms with Gasteiger partial charge in [-0.3, -0.25) is 9.10 Å². The molecule has 0 radical (unpaired) electrons. The van der Waals surface area contributed by atoms with Crippen LogP contribution in [0.15, 0.2) is 53.4 Å². The molecule has 2 N–H and O–H groups in total. The molecular weight excluding hydrogens is 364 g/mol. The summed E-state index contributed by atoms with van der Waals surface area (Å²) in [7, 11) is -3.84. The number of hydrogen-bond acceptors (Lipinski definition) is 4. The SMILES string of the molecule is CC(C)CCc1ccc(S(=O)(=O)N2CC(C(N)=O)Oc3ccccc32)cc1. The first-order valence-electron chi connectivity index (χ1n) is 8.95. The van der Waals surface area contributed by atoms with Gasteiger partial charge < -0.3 is 10.5 Å². The summed E-state index contributed by atoms with van der Waals surface area (Å²) in [5.74, 6) is 0.211. The van der Waals surface area contributed by atoms with Gasteiger partial charge >= 0.3 is 0 Å². The number of fused-ring (bicyclic) bond motifs is 1. The molecule has 0 aliphatic carbocycles. The number of primary amides is 1. The second kappa shape index (κ2) is 7.60. The highest BCUT2D eigenvalue weighted by molar-refractivity contribution is 7.92. The Morgan fingerprint density at radius 2 is 1.85 bits per heavy atom. The summed E-state index contributed by atoms with van der Waals surface area (Å²) in [6.45, 7) is 4.16. The molecule has 6 nitrogen and oxygen atoms in total. The van der Waals surface area contributed by atoms with Crippen LogP contribution in [0.3, 0.4) is 0 Å². The Hall–Kier alpha value is -2.54. The fourth-order valence-electron chi connectivity index (χ4n) is 2.99. The van der Waals surface area contributed by atoms with Crippen LogP contribution in [-0.4, -0.2) is 27.0 Å². The number of carbonyl (C=O) groups excluding carboxylic acids is 1. The van der Waals surface area contributed by atoms with E-state index in [2.05, 4.69) is 13.8 Å². The van der Waals surface area contributed by atoms with Crippen LogP contribution in [0.25, 0.3) is 0 Å². The average molecular weight is 388 g/mol. The molecule has 1 aliphatic rings. The number of nitrogens with two attached hydrogens (primary N) is 1. The zero-order valence-corrected chi connectivity index (χ0v) is 16.3. The zero-order chi connectivity index (χ0) is 19.6. The molecule has 1 amide bonds. The molecule has 1 unspecified atom stereocenters. The van der Waals surface area contributed by atoms with Crippen molar-refractivity contribution in [3.8, 4) is 5.75 Å². The monoisotopic (exact) mass is 388 g/mol. The maximum atomic E-state index is 13.2. The number of carbonyl (C=O) groups is 1. The van der Waals surface area contributed by atoms with Crippen LogP contribution < -0.4 is 14.8 Å². The van der Waals surface area contributed by atoms with E-state index in [-0.39, 0.29) is 11.4 Å². The second-order valence-electron chi connectivity index (χ2n) is 7.09. The lowest BCUT2D eigenvalue weighted by Crippen LogP contribution is -2.49. The Bertz CT molecular complexity index is 923. The summed E-state index contributed by atoms with van der Waals surface area (Å²) < 4.78 is 33.2. The van der Waals surface area contributed by atoms with Gasteiger partial charge in [0, 0.05) is 0 Å². The summed E-state index contributed by atoms with van der Waals surface area (Å²) in [5, 5.41) is 0. The third-order valence-electron chi connectivity index (χ3n) is 4.57. The van der Waals surface area contributed by atoms with Crippen LogP contribution >= 0.6 is 0 Å². The fraction of sp³-hybridized carbons (Fsp3) is 0.350. The molecule has 0 saturated heterocycles. The lowest BCUT2D eigenvalue weighted by atomic mass is 10.0. The van der Waals surface area contributed by atoms with Gasteiger partial charge in [0.25, 0.3) is 15.9 Å². The molecule has 0 bridgehead atoms. The van der Waals surface area contributed by atoms with Crippen molar-refractivity contribution in [1.82, 2.24) is 0 Å². The van der Waals surface area contributed by atoms with E-state index in [9.17, 15) is 13.2 Å². The van der Waals surface area contributed by atoms with Gasteiger partial charge in [-0.05, 0) is 48.6 Å². The van der Waals surface area contributed by atoms with Crippen molar-refractivity contribution in [2.75, 3.05) is 10.8 Å². The van der Waals surface area contributed by atoms with Crippen LogP contribution in [0.2, 0.25) is 0 Å². The van der Waals surface area contributed by atoms with Gasteiger partial charge in [-0.2, -0.15) is 0 Å². The van der Waals surface area contributed by atoms with Gasteiger partial charge in [0.05, 0.1) is 17.1 Å². The minimum Gasteiger partial charge on any atom is -0.476 e. The second-order valence-corrected chi connectivity index (χ2v) is 8.95. The molecule has 1 heterocycles. The fourth-order valence-corrected chi connectivity index (χ4v) is 4.46. The molecule has 0 saturated carbocycles. The van der Waals surface area contributed by atoms with Gasteiger partial charge in [0.2, 0.25) is 0 Å². The van der Waals surface area contributed by atoms with Crippen molar-refractivity contribution in [3.05, 3.63) is 54.1 Å². The first-order valence-corrected chi connectivity index (χ1v) is 10.4. The lowest BCUT2D eigenvalue weighted by molar-refractivity contribution is -0.124. The van der Waals surface area contributed by atoms with E-state index in [1.54, 1.807) is 36.4 Å². The summed E-state index contributed by atoms with van der Waals surface area (Å²) in [6, 6.07) is 13.6. The molecule has 3 rings (SSSR count). The largest absolute Gasteiger partial charge is 0.476 e. The highest BCUT2D eigenvalue weighted by Crippen LogP contribution is 2.36. The van der Waals surface area contributed by atoms with E-state index in [0.29, 0.717) is 17.4 Å². The number of rotatable bonds is 6. The van der Waals surface area contributed by atoms with E-state index in [1.807, 2.05) is 12.1 Å². The Balaban J connectivity index is 1.92. The zero-order valence-electron chi connectivity index (χ0n) is 15.5. The third-order valence-corrected chi connectivity index (χ3v) is 6.37. The van der Waals surface area contributed by atoms with E-state index in [4.69, 9.17) is 10.5 Å². The summed E-state index contributed by atoms with van der Waals surface area (Å²) in [4.78, 5) is 11.8. The van der Waals surface area contributed by atoms with Gasteiger partial charge in [-0.25, -0.2) is 8.42 Å². The van der Waals surface area contributed by atoms with Gasteiger partial charge in [0.1, 0.15) is 5.75 Å². The molecule has 2 aromatic rings. The molecule has 0 fully saturated rings. The predicted molar refractivity (Wildman–Crippen MR) is 104 cm³/mol. The number of amides is 1. The maximum Gasteiger partial charge on any atom is 0.264 e. The van der Waals surface area contributed by atoms with E-state index >= 15 is 0 Å². The molecule has 0 spiro atoms. The molecule has 7 heteroatoms. The van der Waals surface area contributed by atoms with Crippen molar-refractivity contribution in [2.45, 2.75) is 37.7 Å². The summed E-state index contributed by atoms with van der Waals surface area (Å²) >= 11 is 0. The number of nitrogens with zero attached hydrogens (tertiary/aromatic N) is 1. The topological polar surface area (TPSA) is 89.7 Å². The summed E-state index contributed by atoms with van der Waals surface area (Å²) in [5.41, 5.74) is 6.86. The molecule has 1 aliphatic heterocycles.